The monoisotopic (exact) mass is 340 g/mol. The molecule has 0 aromatic carbocycles. The molecule has 1 aliphatic heterocycles. The summed E-state index contributed by atoms with van der Waals surface area (Å²) in [6, 6.07) is 5.97. The summed E-state index contributed by atoms with van der Waals surface area (Å²) in [5, 5.41) is 0. The average Bonchev–Trinajstić information content (AvgIpc) is 2.68. The lowest BCUT2D eigenvalue weighted by Gasteiger charge is -2.36. The van der Waals surface area contributed by atoms with E-state index in [1.807, 2.05) is 35.0 Å². The van der Waals surface area contributed by atoms with E-state index in [0.717, 1.165) is 24.6 Å². The molecule has 3 heterocycles. The van der Waals surface area contributed by atoms with Gasteiger partial charge in [-0.1, -0.05) is 6.07 Å². The number of carbonyl (C=O) groups excluding carboxylic acids is 1. The molecule has 0 aliphatic carbocycles. The largest absolute Gasteiger partial charge is 0.352 e. The van der Waals surface area contributed by atoms with Crippen LogP contribution in [0.3, 0.4) is 0 Å². The van der Waals surface area contributed by atoms with Gasteiger partial charge < -0.3 is 9.80 Å². The number of piperazine rings is 1. The molecule has 7 heteroatoms. The van der Waals surface area contributed by atoms with E-state index < -0.39 is 0 Å². The Balaban J connectivity index is 1.51. The first-order chi connectivity index (χ1) is 12.1. The van der Waals surface area contributed by atoms with Gasteiger partial charge >= 0.3 is 0 Å². The van der Waals surface area contributed by atoms with Gasteiger partial charge in [0.1, 0.15) is 5.82 Å². The smallest absolute Gasteiger partial charge is 0.236 e. The first kappa shape index (κ1) is 17.3. The Labute approximate surface area is 148 Å². The van der Waals surface area contributed by atoms with E-state index >= 15 is 0 Å². The molecular formula is C18H24N6O. The van der Waals surface area contributed by atoms with Crippen LogP contribution in [0.2, 0.25) is 0 Å². The Bertz CT molecular complexity index is 672. The molecule has 2 aromatic heterocycles. The molecule has 1 unspecified atom stereocenters. The zero-order valence-corrected chi connectivity index (χ0v) is 14.7. The molecule has 2 aromatic rings. The lowest BCUT2D eigenvalue weighted by Crippen LogP contribution is -2.51. The van der Waals surface area contributed by atoms with Crippen molar-refractivity contribution in [2.75, 3.05) is 44.7 Å². The third-order valence-electron chi connectivity index (χ3n) is 4.67. The van der Waals surface area contributed by atoms with Gasteiger partial charge in [0, 0.05) is 50.8 Å². The second-order valence-corrected chi connectivity index (χ2v) is 6.28. The molecular weight excluding hydrogens is 316 g/mol. The van der Waals surface area contributed by atoms with Crippen LogP contribution in [-0.4, -0.2) is 70.4 Å². The highest BCUT2D eigenvalue weighted by Gasteiger charge is 2.24. The molecule has 1 aliphatic rings. The number of rotatable bonds is 5. The Hall–Kier alpha value is -2.54. The Kier molecular flexibility index (Phi) is 5.55. The predicted molar refractivity (Wildman–Crippen MR) is 96.1 cm³/mol. The van der Waals surface area contributed by atoms with Crippen molar-refractivity contribution in [2.24, 2.45) is 0 Å². The highest BCUT2D eigenvalue weighted by Crippen LogP contribution is 2.16. The summed E-state index contributed by atoms with van der Waals surface area (Å²) in [7, 11) is 1.97. The summed E-state index contributed by atoms with van der Waals surface area (Å²) in [6.07, 6.45) is 6.91. The van der Waals surface area contributed by atoms with Crippen LogP contribution in [0.15, 0.2) is 43.0 Å². The maximum atomic E-state index is 12.6. The van der Waals surface area contributed by atoms with Gasteiger partial charge in [0.05, 0.1) is 18.4 Å². The maximum Gasteiger partial charge on any atom is 0.236 e. The van der Waals surface area contributed by atoms with Gasteiger partial charge in [-0.15, -0.1) is 0 Å². The molecule has 0 bridgehead atoms. The fourth-order valence-corrected chi connectivity index (χ4v) is 2.94. The van der Waals surface area contributed by atoms with Crippen molar-refractivity contribution in [3.05, 3.63) is 48.7 Å². The topological polar surface area (TPSA) is 65.5 Å². The number of carbonyl (C=O) groups is 1. The zero-order valence-electron chi connectivity index (χ0n) is 14.7. The number of aromatic nitrogens is 3. The molecule has 132 valence electrons. The van der Waals surface area contributed by atoms with Gasteiger partial charge in [-0.3, -0.25) is 19.7 Å². The van der Waals surface area contributed by atoms with Crippen molar-refractivity contribution in [1.29, 1.82) is 0 Å². The van der Waals surface area contributed by atoms with Gasteiger partial charge in [-0.2, -0.15) is 0 Å². The molecule has 0 radical (unpaired) electrons. The molecule has 0 saturated carbocycles. The van der Waals surface area contributed by atoms with Crippen molar-refractivity contribution < 1.29 is 4.79 Å². The van der Waals surface area contributed by atoms with E-state index in [-0.39, 0.29) is 11.9 Å². The minimum absolute atomic E-state index is 0.103. The summed E-state index contributed by atoms with van der Waals surface area (Å²) in [5.41, 5.74) is 0.977. The summed E-state index contributed by atoms with van der Waals surface area (Å²) in [6.45, 7) is 5.45. The molecule has 7 nitrogen and oxygen atoms in total. The van der Waals surface area contributed by atoms with Crippen LogP contribution >= 0.6 is 0 Å². The number of pyridine rings is 1. The number of amides is 1. The number of nitrogens with zero attached hydrogens (tertiary/aromatic N) is 6. The Morgan fingerprint density at radius 3 is 2.60 bits per heavy atom. The van der Waals surface area contributed by atoms with Crippen LogP contribution in [0.5, 0.6) is 0 Å². The maximum absolute atomic E-state index is 12.6. The van der Waals surface area contributed by atoms with E-state index in [1.54, 1.807) is 24.8 Å². The molecule has 1 atom stereocenters. The van der Waals surface area contributed by atoms with Gasteiger partial charge in [-0.25, -0.2) is 4.98 Å². The van der Waals surface area contributed by atoms with E-state index in [1.165, 1.54) is 0 Å². The molecule has 1 saturated heterocycles. The van der Waals surface area contributed by atoms with Gasteiger partial charge in [0.25, 0.3) is 0 Å². The van der Waals surface area contributed by atoms with Crippen molar-refractivity contribution in [3.63, 3.8) is 0 Å². The zero-order chi connectivity index (χ0) is 17.6. The highest BCUT2D eigenvalue weighted by molar-refractivity contribution is 5.78. The highest BCUT2D eigenvalue weighted by atomic mass is 16.2. The van der Waals surface area contributed by atoms with Crippen LogP contribution in [0, 0.1) is 0 Å². The van der Waals surface area contributed by atoms with Crippen LogP contribution in [0.25, 0.3) is 0 Å². The number of likely N-dealkylation sites (N-methyl/N-ethyl adjacent to an activating group) is 1. The molecule has 3 rings (SSSR count). The quantitative estimate of drug-likeness (QED) is 0.815. The second-order valence-electron chi connectivity index (χ2n) is 6.28. The molecule has 1 fully saturated rings. The third-order valence-corrected chi connectivity index (χ3v) is 4.67. The minimum atomic E-state index is 0.103. The Morgan fingerprint density at radius 2 is 1.96 bits per heavy atom. The van der Waals surface area contributed by atoms with Crippen molar-refractivity contribution in [2.45, 2.75) is 13.0 Å². The SMILES string of the molecule is CC(c1ccccn1)N(C)CC(=O)N1CCN(c2cnccn2)CC1. The van der Waals surface area contributed by atoms with Gasteiger partial charge in [-0.05, 0) is 26.1 Å². The number of hydrogen-bond acceptors (Lipinski definition) is 6. The van der Waals surface area contributed by atoms with E-state index in [0.29, 0.717) is 19.6 Å². The minimum Gasteiger partial charge on any atom is -0.352 e. The fourth-order valence-electron chi connectivity index (χ4n) is 2.94. The van der Waals surface area contributed by atoms with Crippen LogP contribution in [0.1, 0.15) is 18.7 Å². The third kappa shape index (κ3) is 4.30. The molecule has 0 spiro atoms. The van der Waals surface area contributed by atoms with E-state index in [2.05, 4.69) is 26.8 Å². The van der Waals surface area contributed by atoms with Crippen molar-refractivity contribution in [1.82, 2.24) is 24.8 Å². The average molecular weight is 340 g/mol. The van der Waals surface area contributed by atoms with Crippen LogP contribution < -0.4 is 4.90 Å². The molecule has 25 heavy (non-hydrogen) atoms. The van der Waals surface area contributed by atoms with E-state index in [4.69, 9.17) is 0 Å². The first-order valence-electron chi connectivity index (χ1n) is 8.55. The number of hydrogen-bond donors (Lipinski definition) is 0. The lowest BCUT2D eigenvalue weighted by atomic mass is 10.2. The van der Waals surface area contributed by atoms with Crippen LogP contribution in [0.4, 0.5) is 5.82 Å². The van der Waals surface area contributed by atoms with Crippen molar-refractivity contribution >= 4 is 11.7 Å². The summed E-state index contributed by atoms with van der Waals surface area (Å²) in [5.74, 6) is 1.03. The summed E-state index contributed by atoms with van der Waals surface area (Å²) < 4.78 is 0. The fraction of sp³-hybridized carbons (Fsp3) is 0.444. The predicted octanol–water partition coefficient (Wildman–Crippen LogP) is 1.21. The van der Waals surface area contributed by atoms with E-state index in [9.17, 15) is 4.79 Å². The summed E-state index contributed by atoms with van der Waals surface area (Å²) in [4.78, 5) is 31.5. The number of anilines is 1. The molecule has 1 amide bonds. The van der Waals surface area contributed by atoms with Crippen LogP contribution in [-0.2, 0) is 4.79 Å². The normalized spacial score (nSPS) is 16.1. The molecule has 0 N–H and O–H groups in total. The second kappa shape index (κ2) is 8.02. The lowest BCUT2D eigenvalue weighted by molar-refractivity contribution is -0.132. The Morgan fingerprint density at radius 1 is 1.16 bits per heavy atom. The summed E-state index contributed by atoms with van der Waals surface area (Å²) >= 11 is 0. The van der Waals surface area contributed by atoms with Gasteiger partial charge in [0.15, 0.2) is 0 Å². The van der Waals surface area contributed by atoms with Crippen molar-refractivity contribution in [3.8, 4) is 0 Å². The van der Waals surface area contributed by atoms with Gasteiger partial charge in [0.2, 0.25) is 5.91 Å². The standard InChI is InChI=1S/C18H24N6O/c1-15(16-5-3-4-6-20-16)22(2)14-18(25)24-11-9-23(10-12-24)17-13-19-7-8-21-17/h3-8,13,15H,9-12,14H2,1-2H3. The first-order valence-corrected chi connectivity index (χ1v) is 8.55.